The molecular formula is C16H18N4O3S. The monoisotopic (exact) mass is 346 g/mol. The van der Waals surface area contributed by atoms with Gasteiger partial charge in [0.15, 0.2) is 0 Å². The van der Waals surface area contributed by atoms with Gasteiger partial charge in [-0.2, -0.15) is 5.10 Å². The number of hydrogen-bond donors (Lipinski definition) is 3. The molecule has 24 heavy (non-hydrogen) atoms. The molecule has 8 heteroatoms. The Balaban J connectivity index is 2.42. The summed E-state index contributed by atoms with van der Waals surface area (Å²) < 4.78 is 25.3. The van der Waals surface area contributed by atoms with Crippen molar-refractivity contribution < 1.29 is 13.2 Å². The van der Waals surface area contributed by atoms with Crippen molar-refractivity contribution in [3.8, 4) is 0 Å². The van der Waals surface area contributed by atoms with Crippen molar-refractivity contribution >= 4 is 26.5 Å². The highest BCUT2D eigenvalue weighted by atomic mass is 32.2. The first kappa shape index (κ1) is 17.6. The van der Waals surface area contributed by atoms with Crippen molar-refractivity contribution in [2.24, 2.45) is 10.9 Å². The van der Waals surface area contributed by atoms with E-state index in [9.17, 15) is 13.2 Å². The highest BCUT2D eigenvalue weighted by molar-refractivity contribution is 8.08. The molecule has 2 aromatic carbocycles. The molecule has 0 heterocycles. The van der Waals surface area contributed by atoms with Crippen LogP contribution in [-0.4, -0.2) is 19.4 Å². The number of benzene rings is 2. The third-order valence-electron chi connectivity index (χ3n) is 3.22. The van der Waals surface area contributed by atoms with Gasteiger partial charge in [0, 0.05) is 0 Å². The molecule has 126 valence electrons. The zero-order valence-corrected chi connectivity index (χ0v) is 14.1. The first-order chi connectivity index (χ1) is 11.3. The van der Waals surface area contributed by atoms with Gasteiger partial charge in [0.05, 0.1) is 10.6 Å². The summed E-state index contributed by atoms with van der Waals surface area (Å²) >= 11 is 0. The van der Waals surface area contributed by atoms with E-state index in [1.54, 1.807) is 30.3 Å². The van der Waals surface area contributed by atoms with Crippen molar-refractivity contribution in [1.29, 1.82) is 0 Å². The molecule has 0 saturated carbocycles. The van der Waals surface area contributed by atoms with Crippen LogP contribution in [0.25, 0.3) is 0 Å². The Bertz CT molecular complexity index is 874. The summed E-state index contributed by atoms with van der Waals surface area (Å²) in [5, 5.41) is 3.05. The Morgan fingerprint density at radius 3 is 2.29 bits per heavy atom. The summed E-state index contributed by atoms with van der Waals surface area (Å²) in [4.78, 5) is 11.9. The van der Waals surface area contributed by atoms with Gasteiger partial charge in [-0.3, -0.25) is 15.6 Å². The smallest absolute Gasteiger partial charge is 0.288 e. The van der Waals surface area contributed by atoms with Crippen molar-refractivity contribution in [3.63, 3.8) is 0 Å². The largest absolute Gasteiger partial charge is 0.297 e. The second kappa shape index (κ2) is 7.24. The molecule has 0 saturated heterocycles. The fraction of sp³-hybridized carbons (Fsp3) is 0.125. The van der Waals surface area contributed by atoms with Crippen LogP contribution in [0.2, 0.25) is 0 Å². The van der Waals surface area contributed by atoms with Crippen LogP contribution in [0.5, 0.6) is 0 Å². The van der Waals surface area contributed by atoms with E-state index in [1.807, 2.05) is 25.3 Å². The second-order valence-corrected chi connectivity index (χ2v) is 7.05. The van der Waals surface area contributed by atoms with Crippen molar-refractivity contribution in [2.75, 3.05) is 5.43 Å². The number of aryl methyl sites for hydroxylation is 2. The van der Waals surface area contributed by atoms with Crippen LogP contribution in [0.3, 0.4) is 0 Å². The van der Waals surface area contributed by atoms with Gasteiger partial charge >= 0.3 is 0 Å². The molecule has 2 rings (SSSR count). The lowest BCUT2D eigenvalue weighted by Crippen LogP contribution is -2.40. The van der Waals surface area contributed by atoms with Gasteiger partial charge in [-0.1, -0.05) is 29.8 Å². The Morgan fingerprint density at radius 1 is 1.04 bits per heavy atom. The number of anilines is 1. The lowest BCUT2D eigenvalue weighted by Gasteiger charge is -2.08. The maximum Gasteiger partial charge on any atom is 0.297 e. The lowest BCUT2D eigenvalue weighted by molar-refractivity contribution is -0.114. The zero-order valence-electron chi connectivity index (χ0n) is 13.3. The number of nitrogens with two attached hydrogens (primary N) is 1. The molecule has 0 atom stereocenters. The van der Waals surface area contributed by atoms with Crippen LogP contribution >= 0.6 is 0 Å². The molecular weight excluding hydrogens is 328 g/mol. The van der Waals surface area contributed by atoms with Gasteiger partial charge in [-0.15, -0.1) is 0 Å². The van der Waals surface area contributed by atoms with Crippen LogP contribution < -0.4 is 16.7 Å². The minimum atomic E-state index is -4.11. The molecule has 0 bridgehead atoms. The van der Waals surface area contributed by atoms with E-state index in [2.05, 4.69) is 10.5 Å². The summed E-state index contributed by atoms with van der Waals surface area (Å²) in [7, 11) is -4.11. The molecule has 0 spiro atoms. The quantitative estimate of drug-likeness (QED) is 0.256. The Kier molecular flexibility index (Phi) is 5.32. The molecule has 2 aromatic rings. The standard InChI is InChI=1S/C16H18N4O3S/c1-11-6-8-14(9-7-11)24(22,23)16(15(21)18-17)20-19-13-5-3-4-12(2)10-13/h3-10,19H,17H2,1-2H3,(H,18,21)/b20-16-. The highest BCUT2D eigenvalue weighted by Gasteiger charge is 2.29. The van der Waals surface area contributed by atoms with Crippen LogP contribution in [0.1, 0.15) is 11.1 Å². The van der Waals surface area contributed by atoms with E-state index in [4.69, 9.17) is 5.84 Å². The van der Waals surface area contributed by atoms with E-state index in [1.165, 1.54) is 12.1 Å². The number of hydrazine groups is 1. The number of hydrogen-bond acceptors (Lipinski definition) is 6. The molecule has 1 amide bonds. The van der Waals surface area contributed by atoms with Crippen LogP contribution in [0.15, 0.2) is 58.5 Å². The van der Waals surface area contributed by atoms with E-state index >= 15 is 0 Å². The first-order valence-electron chi connectivity index (χ1n) is 7.07. The average Bonchev–Trinajstić information content (AvgIpc) is 2.55. The number of nitrogens with zero attached hydrogens (tertiary/aromatic N) is 1. The van der Waals surface area contributed by atoms with Gasteiger partial charge in [0.25, 0.3) is 5.91 Å². The van der Waals surface area contributed by atoms with E-state index < -0.39 is 20.8 Å². The molecule has 0 aliphatic rings. The Labute approximate surface area is 140 Å². The minimum absolute atomic E-state index is 0.0403. The first-order valence-corrected chi connectivity index (χ1v) is 8.56. The van der Waals surface area contributed by atoms with Crippen LogP contribution in [0.4, 0.5) is 5.69 Å². The van der Waals surface area contributed by atoms with Crippen molar-refractivity contribution in [2.45, 2.75) is 18.7 Å². The predicted octanol–water partition coefficient (Wildman–Crippen LogP) is 1.49. The fourth-order valence-corrected chi connectivity index (χ4v) is 3.14. The third-order valence-corrected chi connectivity index (χ3v) is 4.89. The SMILES string of the molecule is Cc1ccc(S(=O)(=O)/C(=N\Nc2cccc(C)c2)C(=O)NN)cc1. The summed E-state index contributed by atoms with van der Waals surface area (Å²) in [6.07, 6.45) is 0. The molecule has 7 nitrogen and oxygen atoms in total. The summed E-state index contributed by atoms with van der Waals surface area (Å²) in [5.74, 6) is 4.09. The number of nitrogens with one attached hydrogen (secondary N) is 2. The summed E-state index contributed by atoms with van der Waals surface area (Å²) in [6.45, 7) is 3.71. The molecule has 4 N–H and O–H groups in total. The number of carbonyl (C=O) groups excluding carboxylic acids is 1. The lowest BCUT2D eigenvalue weighted by atomic mass is 10.2. The Hall–Kier alpha value is -2.71. The second-order valence-electron chi connectivity index (χ2n) is 5.19. The van der Waals surface area contributed by atoms with Gasteiger partial charge in [-0.25, -0.2) is 14.3 Å². The number of hydrazone groups is 1. The molecule has 0 radical (unpaired) electrons. The maximum absolute atomic E-state index is 12.6. The Morgan fingerprint density at radius 2 is 1.71 bits per heavy atom. The van der Waals surface area contributed by atoms with Crippen molar-refractivity contribution in [3.05, 3.63) is 59.7 Å². The van der Waals surface area contributed by atoms with Crippen LogP contribution in [0, 0.1) is 13.8 Å². The van der Waals surface area contributed by atoms with Crippen molar-refractivity contribution in [1.82, 2.24) is 5.43 Å². The number of carbonyl (C=O) groups is 1. The predicted molar refractivity (Wildman–Crippen MR) is 92.9 cm³/mol. The normalized spacial score (nSPS) is 11.9. The van der Waals surface area contributed by atoms with Gasteiger partial charge in [0.1, 0.15) is 0 Å². The minimum Gasteiger partial charge on any atom is -0.288 e. The van der Waals surface area contributed by atoms with Crippen LogP contribution in [-0.2, 0) is 14.6 Å². The van der Waals surface area contributed by atoms with E-state index in [-0.39, 0.29) is 4.90 Å². The maximum atomic E-state index is 12.6. The molecule has 0 unspecified atom stereocenters. The number of amides is 1. The fourth-order valence-electron chi connectivity index (χ4n) is 1.95. The van der Waals surface area contributed by atoms with E-state index in [0.717, 1.165) is 11.1 Å². The van der Waals surface area contributed by atoms with Gasteiger partial charge in [0.2, 0.25) is 14.9 Å². The average molecular weight is 346 g/mol. The highest BCUT2D eigenvalue weighted by Crippen LogP contribution is 2.15. The van der Waals surface area contributed by atoms with Gasteiger partial charge < -0.3 is 0 Å². The molecule has 0 aliphatic heterocycles. The summed E-state index contributed by atoms with van der Waals surface area (Å²) in [6, 6.07) is 13.2. The van der Waals surface area contributed by atoms with E-state index in [0.29, 0.717) is 5.69 Å². The third kappa shape index (κ3) is 3.98. The number of sulfone groups is 1. The summed E-state index contributed by atoms with van der Waals surface area (Å²) in [5.41, 5.74) is 6.80. The molecule has 0 fully saturated rings. The molecule has 0 aromatic heterocycles. The molecule has 0 aliphatic carbocycles. The number of rotatable bonds is 3. The topological polar surface area (TPSA) is 114 Å². The van der Waals surface area contributed by atoms with Gasteiger partial charge in [-0.05, 0) is 43.7 Å². The zero-order chi connectivity index (χ0) is 17.7.